The van der Waals surface area contributed by atoms with Gasteiger partial charge in [-0.25, -0.2) is 8.78 Å². The maximum Gasteiger partial charge on any atom is 0.126 e. The van der Waals surface area contributed by atoms with Crippen LogP contribution >= 0.6 is 27.5 Å². The standard InChI is InChI=1S/C21H28.2C20H30O2.C19H28O.C18H25Br.C18H25Cl.C18H24F2/c1-14-17(12-18-13-20(14)21(18,2)3)11-10-16-9-8-15-6-4-5-7-19(15)16;1-13-14(10-16-12-18(13)20(16,2)3)6-7-15-11-17(21-4)8-9-19(15)22-5;1-13-14(11-15-12-17(13)20(15,2)3)9-10-16-18(21-4)7-6-8-19(16)22-5;1-13-15(11-16-12-17(13)19(16,2)3)10-9-14-7-5-6-8-18(14)20-4;2*1-12-14(10-15-11-17(12)18(15,2)3)8-7-13-5-4-6-16(19)9-13;1-11-12(8-14-10-16(11)18(14,2)3)4-5-13-9-15(19)6-7-17(13)20/h4-7,9,14,17-18,20H,8,10-13H2,1-3H3;8-9,11,13-14,16,18H,6-7,10,12H2,1-5H3;6-8,13-15,17H,9-12H2,1-5H3;5-8,13,15-17H,9-12H2,1-4H3;2*4-6,9,12,14-15,17H,7-8,10-11H2,1-3H3;6-7,9,11-12,14,16H,4-5,8,10H2,1-3H3/t14-,17+,18+,20+;13-,14+,16+,18+;13-,14+,15+,17+;13-,15+,16+,17+;2*12-,14+,15+,17+;11-,12+,14+,16+/m1111111/s1. The quantitative estimate of drug-likeness (QED) is 0.0541. The SMILES string of the molecule is COc1ccc(OC)c(CC[C@H]2C[C@H]3C[C@@H]([C@@H]2C)C3(C)C)c1.COc1cccc(OC)c1CC[C@H]1C[C@H]2C[C@@H]([C@@H]1C)C2(C)C.COc1ccccc1CC[C@H]1C[C@H]2C[C@@H]([C@@H]1C)C2(C)C.C[C@@H]1[C@@H](CCC2=CCc3ccccc32)C[C@H]2C[C@@H]1C2(C)C.C[C@@H]1[C@@H](CCc2cc(F)ccc2F)C[C@H]2C[C@@H]1C2(C)C.C[C@@H]1[C@@H](CCc2cccc(Br)c2)C[C@H]2C[C@@H]1C2(C)C.C[C@@H]1[C@@H](CCc2cccc(Cl)c2)C[C@H]2C[C@@H]1C2(C)C. The predicted molar refractivity (Wildman–Crippen MR) is 600 cm³/mol. The Morgan fingerprint density at radius 1 is 0.301 bits per heavy atom. The molecule has 0 amide bonds. The maximum atomic E-state index is 13.7. The van der Waals surface area contributed by atoms with E-state index in [1.807, 2.05) is 36.4 Å². The molecule has 22 aliphatic carbocycles. The molecule has 0 N–H and O–H groups in total. The summed E-state index contributed by atoms with van der Waals surface area (Å²) in [6.45, 7) is 52.0. The van der Waals surface area contributed by atoms with Crippen LogP contribution in [0.15, 0.2) is 162 Å². The lowest BCUT2D eigenvalue weighted by molar-refractivity contribution is -0.129. The number of hydrogen-bond donors (Lipinski definition) is 0. The molecule has 22 aliphatic rings. The number of fused-ring (bicyclic) bond motifs is 15. The Kier molecular flexibility index (Phi) is 34.6. The topological polar surface area (TPSA) is 46.2 Å². The van der Waals surface area contributed by atoms with Gasteiger partial charge in [-0.15, -0.1) is 0 Å². The molecule has 0 heterocycles. The van der Waals surface area contributed by atoms with Crippen molar-refractivity contribution < 1.29 is 32.5 Å². The number of halogens is 4. The summed E-state index contributed by atoms with van der Waals surface area (Å²) in [5.74, 6) is 29.8. The van der Waals surface area contributed by atoms with Crippen LogP contribution in [0.1, 0.15) is 331 Å². The van der Waals surface area contributed by atoms with Crippen LogP contribution in [0.3, 0.4) is 0 Å². The van der Waals surface area contributed by atoms with Gasteiger partial charge in [0.25, 0.3) is 0 Å². The molecule has 7 aromatic rings. The van der Waals surface area contributed by atoms with Crippen molar-refractivity contribution in [3.63, 3.8) is 0 Å². The van der Waals surface area contributed by atoms with Crippen molar-refractivity contribution in [3.05, 3.63) is 223 Å². The second-order valence-corrected chi connectivity index (χ2v) is 55.3. The first kappa shape index (κ1) is 110. The highest BCUT2D eigenvalue weighted by atomic mass is 79.9. The van der Waals surface area contributed by atoms with E-state index in [2.05, 4.69) is 264 Å². The first-order valence-electron chi connectivity index (χ1n) is 57.6. The molecule has 0 spiro atoms. The fraction of sp³-hybridized carbons (Fsp3) is 0.672. The van der Waals surface area contributed by atoms with Crippen LogP contribution in [-0.4, -0.2) is 35.5 Å². The molecule has 0 aliphatic heterocycles. The minimum absolute atomic E-state index is 0.264. The van der Waals surface area contributed by atoms with Crippen LogP contribution in [0, 0.1) is 215 Å². The van der Waals surface area contributed by atoms with Crippen LogP contribution in [-0.2, 0) is 44.9 Å². The number of rotatable bonds is 26. The Morgan fingerprint density at radius 3 is 1.02 bits per heavy atom. The van der Waals surface area contributed by atoms with Crippen molar-refractivity contribution in [1.82, 2.24) is 0 Å². The molecule has 784 valence electrons. The molecule has 21 fully saturated rings. The number of ether oxygens (including phenoxy) is 5. The second-order valence-electron chi connectivity index (χ2n) is 54.0. The molecule has 7 aromatic carbocycles. The fourth-order valence-corrected chi connectivity index (χ4v) is 35.4. The molecular weight excluding hydrogens is 1840 g/mol. The van der Waals surface area contributed by atoms with Gasteiger partial charge in [0.1, 0.15) is 40.4 Å². The van der Waals surface area contributed by atoms with Gasteiger partial charge in [-0.2, -0.15) is 0 Å². The summed E-state index contributed by atoms with van der Waals surface area (Å²) in [6.07, 6.45) is 40.5. The van der Waals surface area contributed by atoms with Crippen LogP contribution in [0.4, 0.5) is 8.78 Å². The summed E-state index contributed by atoms with van der Waals surface area (Å²) >= 11 is 9.63. The van der Waals surface area contributed by atoms with Gasteiger partial charge in [-0.3, -0.25) is 0 Å². The van der Waals surface area contributed by atoms with Gasteiger partial charge in [-0.1, -0.05) is 252 Å². The zero-order chi connectivity index (χ0) is 102. The molecular formula is C134H190BrClF2O5. The van der Waals surface area contributed by atoms with Crippen molar-refractivity contribution in [1.29, 1.82) is 0 Å². The number of benzene rings is 7. The highest BCUT2D eigenvalue weighted by Gasteiger charge is 2.62. The summed E-state index contributed by atoms with van der Waals surface area (Å²) < 4.78 is 55.5. The van der Waals surface area contributed by atoms with Crippen LogP contribution < -0.4 is 23.7 Å². The van der Waals surface area contributed by atoms with E-state index in [1.54, 1.807) is 41.1 Å². The van der Waals surface area contributed by atoms with Crippen LogP contribution in [0.5, 0.6) is 28.7 Å². The summed E-state index contributed by atoms with van der Waals surface area (Å²) in [5, 5.41) is 0.873. The first-order valence-corrected chi connectivity index (χ1v) is 58.8. The van der Waals surface area contributed by atoms with E-state index >= 15 is 0 Å². The third-order valence-electron chi connectivity index (χ3n) is 46.0. The van der Waals surface area contributed by atoms with Gasteiger partial charge in [0.05, 0.1) is 35.5 Å². The van der Waals surface area contributed by atoms with Crippen molar-refractivity contribution >= 4 is 33.1 Å². The highest BCUT2D eigenvalue weighted by Crippen LogP contribution is 2.70. The van der Waals surface area contributed by atoms with Gasteiger partial charge in [0.15, 0.2) is 0 Å². The molecule has 14 bridgehead atoms. The van der Waals surface area contributed by atoms with E-state index in [0.717, 1.165) is 213 Å². The number of methoxy groups -OCH3 is 5. The lowest BCUT2D eigenvalue weighted by atomic mass is 9.43. The normalized spacial score (nSPS) is 34.3. The zero-order valence-corrected chi connectivity index (χ0v) is 96.1. The lowest BCUT2D eigenvalue weighted by Gasteiger charge is -2.62. The van der Waals surface area contributed by atoms with Crippen molar-refractivity contribution in [2.75, 3.05) is 35.5 Å². The number of para-hydroxylation sites is 1. The largest absolute Gasteiger partial charge is 0.497 e. The molecule has 5 nitrogen and oxygen atoms in total. The smallest absolute Gasteiger partial charge is 0.126 e. The average Bonchev–Trinajstić information content (AvgIpc) is 1.57. The summed E-state index contributed by atoms with van der Waals surface area (Å²) in [7, 11) is 8.76. The monoisotopic (exact) mass is 2030 g/mol. The van der Waals surface area contributed by atoms with Crippen molar-refractivity contribution in [2.24, 2.45) is 204 Å². The molecule has 0 aromatic heterocycles. The third kappa shape index (κ3) is 22.9. The van der Waals surface area contributed by atoms with E-state index in [9.17, 15) is 8.78 Å². The highest BCUT2D eigenvalue weighted by molar-refractivity contribution is 9.10. The van der Waals surface area contributed by atoms with Gasteiger partial charge < -0.3 is 23.7 Å². The van der Waals surface area contributed by atoms with Crippen molar-refractivity contribution in [3.8, 4) is 28.7 Å². The lowest BCUT2D eigenvalue weighted by Crippen LogP contribution is -2.54. The Balaban J connectivity index is 0.000000120. The predicted octanol–water partition coefficient (Wildman–Crippen LogP) is 37.1. The van der Waals surface area contributed by atoms with E-state index in [-0.39, 0.29) is 11.6 Å². The first-order chi connectivity index (χ1) is 67.9. The summed E-state index contributed by atoms with van der Waals surface area (Å²) in [4.78, 5) is 0. The minimum Gasteiger partial charge on any atom is -0.497 e. The molecule has 0 unspecified atom stereocenters. The van der Waals surface area contributed by atoms with Crippen LogP contribution in [0.2, 0.25) is 5.02 Å². The van der Waals surface area contributed by atoms with Gasteiger partial charge in [0.2, 0.25) is 0 Å². The Morgan fingerprint density at radius 2 is 0.636 bits per heavy atom. The van der Waals surface area contributed by atoms with E-state index < -0.39 is 0 Å². The Hall–Kier alpha value is -6.09. The zero-order valence-electron chi connectivity index (χ0n) is 93.7. The van der Waals surface area contributed by atoms with Gasteiger partial charge in [0, 0.05) is 15.1 Å². The molecule has 21 saturated carbocycles. The van der Waals surface area contributed by atoms with Crippen LogP contribution in [0.25, 0.3) is 5.57 Å². The summed E-state index contributed by atoms with van der Waals surface area (Å²) in [6, 6.07) is 50.7. The average molecular weight is 2030 g/mol. The van der Waals surface area contributed by atoms with E-state index in [4.69, 9.17) is 35.3 Å². The molecule has 143 heavy (non-hydrogen) atoms. The Bertz CT molecular complexity index is 5310. The number of aryl methyl sites for hydroxylation is 5. The fourth-order valence-electron chi connectivity index (χ4n) is 34.7. The summed E-state index contributed by atoms with van der Waals surface area (Å²) in [5.41, 5.74) is 16.2. The van der Waals surface area contributed by atoms with E-state index in [1.165, 1.54) is 216 Å². The minimum atomic E-state index is -0.331. The maximum absolute atomic E-state index is 13.7. The number of hydrogen-bond acceptors (Lipinski definition) is 5. The second kappa shape index (κ2) is 45.2. The van der Waals surface area contributed by atoms with Crippen molar-refractivity contribution in [2.45, 2.75) is 332 Å². The number of allylic oxidation sites excluding steroid dienone is 2. The molecule has 28 atom stereocenters. The Labute approximate surface area is 882 Å². The van der Waals surface area contributed by atoms with Gasteiger partial charge >= 0.3 is 0 Å². The van der Waals surface area contributed by atoms with Gasteiger partial charge in [-0.05, 0) is 513 Å². The van der Waals surface area contributed by atoms with E-state index in [0.29, 0.717) is 61.7 Å². The molecule has 29 rings (SSSR count). The third-order valence-corrected chi connectivity index (χ3v) is 46.7. The molecule has 9 heteroatoms. The molecule has 0 radical (unpaired) electrons. The molecule has 0 saturated heterocycles.